The fraction of sp³-hybridized carbons (Fsp3) is 0.364. The first-order chi connectivity index (χ1) is 20.3. The van der Waals surface area contributed by atoms with E-state index in [4.69, 9.17) is 9.72 Å². The third kappa shape index (κ3) is 5.20. The van der Waals surface area contributed by atoms with Gasteiger partial charge in [-0.25, -0.2) is 4.98 Å². The Bertz CT molecular complexity index is 1740. The number of rotatable bonds is 8. The van der Waals surface area contributed by atoms with Crippen LogP contribution in [0, 0.1) is 6.92 Å². The van der Waals surface area contributed by atoms with Gasteiger partial charge in [0.05, 0.1) is 42.8 Å². The first kappa shape index (κ1) is 27.8. The summed E-state index contributed by atoms with van der Waals surface area (Å²) in [4.78, 5) is 26.0. The van der Waals surface area contributed by atoms with E-state index < -0.39 is 0 Å². The summed E-state index contributed by atoms with van der Waals surface area (Å²) in [5, 5.41) is 4.81. The molecule has 1 aliphatic rings. The van der Waals surface area contributed by atoms with E-state index in [0.717, 1.165) is 65.7 Å². The number of likely N-dealkylation sites (N-methyl/N-ethyl adjacent to an activating group) is 1. The topological polar surface area (TPSA) is 79.9 Å². The van der Waals surface area contributed by atoms with E-state index in [9.17, 15) is 4.79 Å². The number of nitrogens with one attached hydrogen (secondary N) is 1. The van der Waals surface area contributed by atoms with Crippen LogP contribution in [0.25, 0.3) is 27.7 Å². The van der Waals surface area contributed by atoms with E-state index in [0.29, 0.717) is 19.0 Å². The Hall–Kier alpha value is -4.37. The van der Waals surface area contributed by atoms with Crippen molar-refractivity contribution >= 4 is 28.0 Å². The largest absolute Gasteiger partial charge is 0.495 e. The molecule has 0 radical (unpaired) electrons. The fourth-order valence-corrected chi connectivity index (χ4v) is 6.08. The molecule has 6 rings (SSSR count). The molecule has 2 aromatic carbocycles. The van der Waals surface area contributed by atoms with E-state index in [1.807, 2.05) is 33.4 Å². The van der Waals surface area contributed by atoms with E-state index in [-0.39, 0.29) is 5.91 Å². The van der Waals surface area contributed by atoms with E-state index in [1.54, 1.807) is 12.0 Å². The molecular weight excluding hydrogens is 526 g/mol. The average Bonchev–Trinajstić information content (AvgIpc) is 3.55. The lowest BCUT2D eigenvalue weighted by atomic mass is 9.96. The Morgan fingerprint density at radius 1 is 1.12 bits per heavy atom. The Labute approximate surface area is 246 Å². The first-order valence-corrected chi connectivity index (χ1v) is 14.6. The molecule has 1 amide bonds. The van der Waals surface area contributed by atoms with Gasteiger partial charge in [-0.1, -0.05) is 24.3 Å². The molecule has 9 heteroatoms. The number of piperidine rings is 1. The number of anilines is 1. The Balaban J connectivity index is 1.26. The molecule has 4 heterocycles. The van der Waals surface area contributed by atoms with Crippen molar-refractivity contribution in [2.45, 2.75) is 32.2 Å². The smallest absolute Gasteiger partial charge is 0.236 e. The molecule has 0 atom stereocenters. The molecule has 218 valence electrons. The number of carbonyl (C=O) groups excluding carboxylic acids is 1. The second-order valence-electron chi connectivity index (χ2n) is 11.4. The lowest BCUT2D eigenvalue weighted by molar-refractivity contribution is -0.130. The maximum absolute atomic E-state index is 12.2. The maximum atomic E-state index is 12.2. The lowest BCUT2D eigenvalue weighted by Gasteiger charge is -2.31. The number of aryl methyl sites for hydroxylation is 2. The van der Waals surface area contributed by atoms with Crippen LogP contribution in [-0.2, 0) is 18.4 Å². The number of ether oxygens (including phenoxy) is 1. The van der Waals surface area contributed by atoms with Gasteiger partial charge in [0.1, 0.15) is 11.6 Å². The normalized spacial score (nSPS) is 14.5. The van der Waals surface area contributed by atoms with E-state index in [2.05, 4.69) is 79.7 Å². The number of hydrogen-bond donors (Lipinski definition) is 1. The minimum Gasteiger partial charge on any atom is -0.495 e. The van der Waals surface area contributed by atoms with Crippen molar-refractivity contribution in [1.82, 2.24) is 28.7 Å². The van der Waals surface area contributed by atoms with Crippen molar-refractivity contribution in [3.05, 3.63) is 78.1 Å². The predicted molar refractivity (Wildman–Crippen MR) is 167 cm³/mol. The van der Waals surface area contributed by atoms with Crippen LogP contribution >= 0.6 is 0 Å². The van der Waals surface area contributed by atoms with Gasteiger partial charge in [0.2, 0.25) is 5.91 Å². The van der Waals surface area contributed by atoms with E-state index in [1.165, 1.54) is 16.6 Å². The highest BCUT2D eigenvalue weighted by Crippen LogP contribution is 2.37. The van der Waals surface area contributed by atoms with Crippen LogP contribution in [0.3, 0.4) is 0 Å². The fourth-order valence-electron chi connectivity index (χ4n) is 6.08. The number of amides is 1. The van der Waals surface area contributed by atoms with Gasteiger partial charge in [-0.3, -0.25) is 19.1 Å². The van der Waals surface area contributed by atoms with Crippen molar-refractivity contribution in [1.29, 1.82) is 0 Å². The summed E-state index contributed by atoms with van der Waals surface area (Å²) in [5.41, 5.74) is 7.23. The summed E-state index contributed by atoms with van der Waals surface area (Å²) in [5.74, 6) is 2.28. The van der Waals surface area contributed by atoms with Gasteiger partial charge < -0.3 is 19.5 Å². The van der Waals surface area contributed by atoms with Gasteiger partial charge in [0, 0.05) is 56.2 Å². The van der Waals surface area contributed by atoms with Gasteiger partial charge in [0.15, 0.2) is 0 Å². The van der Waals surface area contributed by atoms with Crippen molar-refractivity contribution in [3.63, 3.8) is 0 Å². The minimum absolute atomic E-state index is 0.146. The van der Waals surface area contributed by atoms with Crippen LogP contribution in [0.1, 0.15) is 36.0 Å². The molecule has 1 aliphatic heterocycles. The van der Waals surface area contributed by atoms with Crippen molar-refractivity contribution in [3.8, 4) is 17.0 Å². The molecule has 1 fully saturated rings. The summed E-state index contributed by atoms with van der Waals surface area (Å²) < 4.78 is 10.3. The molecule has 0 spiro atoms. The Morgan fingerprint density at radius 2 is 1.90 bits per heavy atom. The molecule has 1 N–H and O–H groups in total. The highest BCUT2D eigenvalue weighted by atomic mass is 16.5. The lowest BCUT2D eigenvalue weighted by Crippen LogP contribution is -2.40. The third-order valence-electron chi connectivity index (χ3n) is 8.56. The standard InChI is InChI=1S/C33H39N7O2/c1-22-32-31(36-33(40(32)17-14-34-22)23-12-15-39(16-13-23)21-30(41)37(2)3)25-10-11-27(29(19-25)42-5)35-20-26-18-24-8-6-7-9-28(24)38(26)4/h6-11,14,17-19,23,35H,12-13,15-16,20-21H2,1-5H3. The second kappa shape index (κ2) is 11.5. The summed E-state index contributed by atoms with van der Waals surface area (Å²) in [6, 6.07) is 16.9. The number of carbonyl (C=O) groups is 1. The Kier molecular flexibility index (Phi) is 7.60. The summed E-state index contributed by atoms with van der Waals surface area (Å²) in [6.07, 6.45) is 5.79. The summed E-state index contributed by atoms with van der Waals surface area (Å²) in [6.45, 7) is 4.95. The van der Waals surface area contributed by atoms with Crippen molar-refractivity contribution in [2.75, 3.05) is 46.2 Å². The highest BCUT2D eigenvalue weighted by Gasteiger charge is 2.27. The molecule has 0 aliphatic carbocycles. The predicted octanol–water partition coefficient (Wildman–Crippen LogP) is 5.08. The quantitative estimate of drug-likeness (QED) is 0.283. The number of fused-ring (bicyclic) bond motifs is 2. The number of benzene rings is 2. The average molecular weight is 566 g/mol. The zero-order chi connectivity index (χ0) is 29.4. The summed E-state index contributed by atoms with van der Waals surface area (Å²) >= 11 is 0. The molecule has 3 aromatic heterocycles. The molecular formula is C33H39N7O2. The molecule has 0 bridgehead atoms. The highest BCUT2D eigenvalue weighted by molar-refractivity contribution is 5.83. The number of imidazole rings is 1. The first-order valence-electron chi connectivity index (χ1n) is 14.6. The SMILES string of the molecule is COc1cc(-c2nc(C3CCN(CC(=O)N(C)C)CC3)n3ccnc(C)c23)ccc1NCc1cc2ccccc2n1C. The number of likely N-dealkylation sites (tertiary alicyclic amines) is 1. The van der Waals surface area contributed by atoms with Gasteiger partial charge in [-0.15, -0.1) is 0 Å². The molecule has 5 aromatic rings. The maximum Gasteiger partial charge on any atom is 0.236 e. The zero-order valence-corrected chi connectivity index (χ0v) is 25.1. The molecule has 0 unspecified atom stereocenters. The van der Waals surface area contributed by atoms with Crippen molar-refractivity contribution in [2.24, 2.45) is 7.05 Å². The van der Waals surface area contributed by atoms with Crippen molar-refractivity contribution < 1.29 is 9.53 Å². The number of nitrogens with zero attached hydrogens (tertiary/aromatic N) is 6. The van der Waals surface area contributed by atoms with Crippen LogP contribution in [0.2, 0.25) is 0 Å². The monoisotopic (exact) mass is 565 g/mol. The van der Waals surface area contributed by atoms with E-state index >= 15 is 0 Å². The van der Waals surface area contributed by atoms with Gasteiger partial charge in [-0.2, -0.15) is 0 Å². The number of aromatic nitrogens is 4. The van der Waals surface area contributed by atoms with Crippen LogP contribution in [-0.4, -0.2) is 75.5 Å². The molecule has 1 saturated heterocycles. The second-order valence-corrected chi connectivity index (χ2v) is 11.4. The van der Waals surface area contributed by atoms with Gasteiger partial charge in [-0.05, 0) is 62.5 Å². The number of para-hydroxylation sites is 1. The molecule has 42 heavy (non-hydrogen) atoms. The molecule has 9 nitrogen and oxygen atoms in total. The van der Waals surface area contributed by atoms with Crippen LogP contribution < -0.4 is 10.1 Å². The number of hydrogen-bond acceptors (Lipinski definition) is 6. The van der Waals surface area contributed by atoms with Gasteiger partial charge in [0.25, 0.3) is 0 Å². The minimum atomic E-state index is 0.146. The Morgan fingerprint density at radius 3 is 2.64 bits per heavy atom. The zero-order valence-electron chi connectivity index (χ0n) is 25.1. The number of methoxy groups -OCH3 is 1. The molecule has 0 saturated carbocycles. The van der Waals surface area contributed by atoms with Crippen LogP contribution in [0.5, 0.6) is 5.75 Å². The van der Waals surface area contributed by atoms with Crippen LogP contribution in [0.15, 0.2) is 60.9 Å². The summed E-state index contributed by atoms with van der Waals surface area (Å²) in [7, 11) is 7.43. The third-order valence-corrected chi connectivity index (χ3v) is 8.56. The van der Waals surface area contributed by atoms with Gasteiger partial charge >= 0.3 is 0 Å². The van der Waals surface area contributed by atoms with Crippen LogP contribution in [0.4, 0.5) is 5.69 Å².